The molecule has 0 atom stereocenters. The number of hydrogen-bond acceptors (Lipinski definition) is 1. The Morgan fingerprint density at radius 3 is 2.69 bits per heavy atom. The van der Waals surface area contributed by atoms with Gasteiger partial charge in [-0.3, -0.25) is 4.79 Å². The van der Waals surface area contributed by atoms with Crippen molar-refractivity contribution in [3.63, 3.8) is 0 Å². The quantitative estimate of drug-likeness (QED) is 0.834. The highest BCUT2D eigenvalue weighted by molar-refractivity contribution is 5.78. The van der Waals surface area contributed by atoms with E-state index in [2.05, 4.69) is 5.32 Å². The second-order valence-electron chi connectivity index (χ2n) is 4.32. The van der Waals surface area contributed by atoms with Gasteiger partial charge in [-0.2, -0.15) is 0 Å². The van der Waals surface area contributed by atoms with Crippen LogP contribution < -0.4 is 5.32 Å². The summed E-state index contributed by atoms with van der Waals surface area (Å²) in [6, 6.07) is 6.73. The van der Waals surface area contributed by atoms with Crippen molar-refractivity contribution in [1.29, 1.82) is 0 Å². The predicted octanol–water partition coefficient (Wildman–Crippen LogP) is 2.43. The van der Waals surface area contributed by atoms with Crippen LogP contribution in [0.5, 0.6) is 0 Å². The maximum atomic E-state index is 13.3. The van der Waals surface area contributed by atoms with Gasteiger partial charge >= 0.3 is 0 Å². The Balaban J connectivity index is 1.89. The predicted molar refractivity (Wildman–Crippen MR) is 60.5 cm³/mol. The average Bonchev–Trinajstić information content (AvgIpc) is 2.74. The van der Waals surface area contributed by atoms with Crippen molar-refractivity contribution in [1.82, 2.24) is 5.32 Å². The van der Waals surface area contributed by atoms with E-state index in [0.717, 1.165) is 12.8 Å². The molecule has 0 heterocycles. The molecule has 16 heavy (non-hydrogen) atoms. The molecule has 1 fully saturated rings. The van der Waals surface area contributed by atoms with E-state index in [1.165, 1.54) is 18.9 Å². The fourth-order valence-electron chi connectivity index (χ4n) is 2.16. The lowest BCUT2D eigenvalue weighted by Gasteiger charge is -2.11. The third-order valence-corrected chi connectivity index (χ3v) is 3.03. The summed E-state index contributed by atoms with van der Waals surface area (Å²) in [4.78, 5) is 11.6. The number of carbonyl (C=O) groups excluding carboxylic acids is 1. The van der Waals surface area contributed by atoms with Crippen LogP contribution in [0, 0.1) is 5.82 Å². The second-order valence-corrected chi connectivity index (χ2v) is 4.32. The minimum Gasteiger partial charge on any atom is -0.353 e. The molecule has 1 aliphatic rings. The summed E-state index contributed by atoms with van der Waals surface area (Å²) in [5, 5.41) is 2.95. The molecule has 86 valence electrons. The molecule has 2 nitrogen and oxygen atoms in total. The van der Waals surface area contributed by atoms with Crippen molar-refractivity contribution in [2.45, 2.75) is 38.1 Å². The lowest BCUT2D eigenvalue weighted by Crippen LogP contribution is -2.33. The van der Waals surface area contributed by atoms with Gasteiger partial charge in [0.2, 0.25) is 5.91 Å². The molecule has 1 N–H and O–H groups in total. The van der Waals surface area contributed by atoms with Gasteiger partial charge in [0.05, 0.1) is 6.42 Å². The number of benzene rings is 1. The van der Waals surface area contributed by atoms with Gasteiger partial charge in [-0.25, -0.2) is 4.39 Å². The molecule has 1 aliphatic carbocycles. The number of hydrogen-bond donors (Lipinski definition) is 1. The van der Waals surface area contributed by atoms with Gasteiger partial charge in [0.25, 0.3) is 0 Å². The minimum absolute atomic E-state index is 0.0722. The highest BCUT2D eigenvalue weighted by Crippen LogP contribution is 2.17. The highest BCUT2D eigenvalue weighted by atomic mass is 19.1. The molecule has 0 bridgehead atoms. The zero-order chi connectivity index (χ0) is 11.4. The Labute approximate surface area is 94.9 Å². The summed E-state index contributed by atoms with van der Waals surface area (Å²) < 4.78 is 13.3. The lowest BCUT2D eigenvalue weighted by atomic mass is 10.1. The second kappa shape index (κ2) is 5.10. The van der Waals surface area contributed by atoms with Crippen LogP contribution >= 0.6 is 0 Å². The van der Waals surface area contributed by atoms with E-state index in [1.807, 2.05) is 0 Å². The summed E-state index contributed by atoms with van der Waals surface area (Å²) >= 11 is 0. The number of halogens is 1. The SMILES string of the molecule is O=C(Cc1ccccc1F)NC1CCCC1. The molecule has 1 amide bonds. The smallest absolute Gasteiger partial charge is 0.224 e. The first kappa shape index (κ1) is 11.1. The minimum atomic E-state index is -0.302. The van der Waals surface area contributed by atoms with Crippen LogP contribution in [0.25, 0.3) is 0 Å². The van der Waals surface area contributed by atoms with E-state index in [4.69, 9.17) is 0 Å². The molecule has 3 heteroatoms. The Hall–Kier alpha value is -1.38. The first-order chi connectivity index (χ1) is 7.75. The van der Waals surface area contributed by atoms with E-state index >= 15 is 0 Å². The third kappa shape index (κ3) is 2.81. The molecule has 0 radical (unpaired) electrons. The van der Waals surface area contributed by atoms with Crippen molar-refractivity contribution in [2.24, 2.45) is 0 Å². The van der Waals surface area contributed by atoms with Crippen LogP contribution in [-0.2, 0) is 11.2 Å². The molecule has 1 aromatic carbocycles. The number of rotatable bonds is 3. The number of nitrogens with one attached hydrogen (secondary N) is 1. The van der Waals surface area contributed by atoms with E-state index in [1.54, 1.807) is 18.2 Å². The molecule has 0 spiro atoms. The van der Waals surface area contributed by atoms with Gasteiger partial charge in [0.1, 0.15) is 5.82 Å². The first-order valence-corrected chi connectivity index (χ1v) is 5.78. The Bertz CT molecular complexity index is 372. The average molecular weight is 221 g/mol. The summed E-state index contributed by atoms with van der Waals surface area (Å²) in [6.07, 6.45) is 4.63. The van der Waals surface area contributed by atoms with Crippen molar-refractivity contribution < 1.29 is 9.18 Å². The molecular formula is C13H16FNO. The highest BCUT2D eigenvalue weighted by Gasteiger charge is 2.17. The summed E-state index contributed by atoms with van der Waals surface area (Å²) in [6.45, 7) is 0. The Morgan fingerprint density at radius 2 is 2.00 bits per heavy atom. The molecule has 0 unspecified atom stereocenters. The van der Waals surface area contributed by atoms with E-state index in [0.29, 0.717) is 11.6 Å². The van der Waals surface area contributed by atoms with Gasteiger partial charge < -0.3 is 5.32 Å². The fraction of sp³-hybridized carbons (Fsp3) is 0.462. The topological polar surface area (TPSA) is 29.1 Å². The normalized spacial score (nSPS) is 16.3. The molecule has 0 saturated heterocycles. The first-order valence-electron chi connectivity index (χ1n) is 5.78. The van der Waals surface area contributed by atoms with Crippen LogP contribution in [0.1, 0.15) is 31.2 Å². The van der Waals surface area contributed by atoms with E-state index < -0.39 is 0 Å². The van der Waals surface area contributed by atoms with Crippen LogP contribution in [0.4, 0.5) is 4.39 Å². The standard InChI is InChI=1S/C13H16FNO/c14-12-8-4-1-5-10(12)9-13(16)15-11-6-2-3-7-11/h1,4-5,8,11H,2-3,6-7,9H2,(H,15,16). The van der Waals surface area contributed by atoms with Crippen LogP contribution in [-0.4, -0.2) is 11.9 Å². The number of amides is 1. The molecule has 1 aromatic rings. The van der Waals surface area contributed by atoms with Crippen LogP contribution in [0.2, 0.25) is 0 Å². The summed E-state index contributed by atoms with van der Waals surface area (Å²) in [5.74, 6) is -0.374. The zero-order valence-electron chi connectivity index (χ0n) is 9.21. The summed E-state index contributed by atoms with van der Waals surface area (Å²) in [7, 11) is 0. The molecular weight excluding hydrogens is 205 g/mol. The van der Waals surface area contributed by atoms with Crippen molar-refractivity contribution in [3.8, 4) is 0 Å². The molecule has 0 aromatic heterocycles. The largest absolute Gasteiger partial charge is 0.353 e. The fourth-order valence-corrected chi connectivity index (χ4v) is 2.16. The lowest BCUT2D eigenvalue weighted by molar-refractivity contribution is -0.121. The van der Waals surface area contributed by atoms with Gasteiger partial charge in [0, 0.05) is 6.04 Å². The third-order valence-electron chi connectivity index (χ3n) is 3.03. The van der Waals surface area contributed by atoms with Gasteiger partial charge in [-0.05, 0) is 24.5 Å². The van der Waals surface area contributed by atoms with Crippen molar-refractivity contribution in [2.75, 3.05) is 0 Å². The maximum absolute atomic E-state index is 13.3. The maximum Gasteiger partial charge on any atom is 0.224 e. The van der Waals surface area contributed by atoms with Gasteiger partial charge in [0.15, 0.2) is 0 Å². The van der Waals surface area contributed by atoms with Gasteiger partial charge in [-0.1, -0.05) is 31.0 Å². The van der Waals surface area contributed by atoms with Crippen LogP contribution in [0.3, 0.4) is 0 Å². The van der Waals surface area contributed by atoms with E-state index in [-0.39, 0.29) is 18.1 Å². The Morgan fingerprint density at radius 1 is 1.31 bits per heavy atom. The monoisotopic (exact) mass is 221 g/mol. The molecule has 0 aliphatic heterocycles. The number of carbonyl (C=O) groups is 1. The van der Waals surface area contributed by atoms with Gasteiger partial charge in [-0.15, -0.1) is 0 Å². The van der Waals surface area contributed by atoms with Crippen molar-refractivity contribution in [3.05, 3.63) is 35.6 Å². The molecule has 2 rings (SSSR count). The zero-order valence-corrected chi connectivity index (χ0v) is 9.21. The Kier molecular flexibility index (Phi) is 3.54. The van der Waals surface area contributed by atoms with E-state index in [9.17, 15) is 9.18 Å². The summed E-state index contributed by atoms with van der Waals surface area (Å²) in [5.41, 5.74) is 0.470. The van der Waals surface area contributed by atoms with Crippen molar-refractivity contribution >= 4 is 5.91 Å². The van der Waals surface area contributed by atoms with Crippen LogP contribution in [0.15, 0.2) is 24.3 Å². The molecule has 1 saturated carbocycles.